The molecule has 0 bridgehead atoms. The quantitative estimate of drug-likeness (QED) is 0.582. The van der Waals surface area contributed by atoms with Crippen molar-refractivity contribution in [2.75, 3.05) is 31.3 Å². The van der Waals surface area contributed by atoms with Crippen LogP contribution in [0.3, 0.4) is 0 Å². The van der Waals surface area contributed by atoms with Gasteiger partial charge in [0.1, 0.15) is 6.61 Å². The normalized spacial score (nSPS) is 23.6. The Bertz CT molecular complexity index is 875. The minimum absolute atomic E-state index is 0.0188. The van der Waals surface area contributed by atoms with Gasteiger partial charge in [0.05, 0.1) is 5.75 Å². The van der Waals surface area contributed by atoms with Gasteiger partial charge in [-0.05, 0) is 56.4 Å². The number of nitrogens with zero attached hydrogens (tertiary/aromatic N) is 1. The van der Waals surface area contributed by atoms with Gasteiger partial charge < -0.3 is 9.47 Å². The molecule has 1 unspecified atom stereocenters. The number of alkyl halides is 1. The summed E-state index contributed by atoms with van der Waals surface area (Å²) in [5.41, 5.74) is 2.34. The van der Waals surface area contributed by atoms with Crippen molar-refractivity contribution in [3.8, 4) is 0 Å². The number of likely N-dealkylation sites (tertiary alicyclic amines) is 1. The van der Waals surface area contributed by atoms with E-state index in [0.717, 1.165) is 49.6 Å². The summed E-state index contributed by atoms with van der Waals surface area (Å²) in [5, 5.41) is 0. The van der Waals surface area contributed by atoms with E-state index >= 15 is 0 Å². The molecule has 2 fully saturated rings. The summed E-state index contributed by atoms with van der Waals surface area (Å²) in [6, 6.07) is 8.51. The van der Waals surface area contributed by atoms with Crippen LogP contribution in [0, 0.1) is 0 Å². The second-order valence-corrected chi connectivity index (χ2v) is 10.2. The molecule has 1 atom stereocenters. The molecule has 1 N–H and O–H groups in total. The standard InChI is InChI=1S/C23H33ClN2O4S/c1-3-21-22(4-2)30-23(17-29-21)19-8-6-18(7-9-19)16-26-13-10-20(11-14-26)25-31(27,28)15-5-12-24/h3-4,6-9,20,23,25H,5,10-17H2,1-2H3. The van der Waals surface area contributed by atoms with Crippen molar-refractivity contribution in [1.29, 1.82) is 0 Å². The number of hydrogen-bond donors (Lipinski definition) is 1. The van der Waals surface area contributed by atoms with E-state index in [-0.39, 0.29) is 17.9 Å². The number of rotatable bonds is 8. The minimum Gasteiger partial charge on any atom is -0.486 e. The smallest absolute Gasteiger partial charge is 0.211 e. The van der Waals surface area contributed by atoms with Crippen LogP contribution in [0.25, 0.3) is 0 Å². The number of hydrogen-bond acceptors (Lipinski definition) is 5. The summed E-state index contributed by atoms with van der Waals surface area (Å²) < 4.78 is 38.8. The van der Waals surface area contributed by atoms with E-state index in [2.05, 4.69) is 33.9 Å². The summed E-state index contributed by atoms with van der Waals surface area (Å²) in [6.07, 6.45) is 5.87. The maximum atomic E-state index is 12.1. The third-order valence-electron chi connectivity index (χ3n) is 5.66. The largest absolute Gasteiger partial charge is 0.486 e. The molecule has 0 amide bonds. The highest BCUT2D eigenvalue weighted by atomic mass is 35.5. The Morgan fingerprint density at radius 1 is 1.13 bits per heavy atom. The van der Waals surface area contributed by atoms with Crippen LogP contribution in [0.2, 0.25) is 0 Å². The average Bonchev–Trinajstić information content (AvgIpc) is 2.79. The lowest BCUT2D eigenvalue weighted by Gasteiger charge is -2.32. The van der Waals surface area contributed by atoms with Gasteiger partial charge in [-0.1, -0.05) is 24.3 Å². The molecular weight excluding hydrogens is 436 g/mol. The van der Waals surface area contributed by atoms with E-state index in [4.69, 9.17) is 21.1 Å². The summed E-state index contributed by atoms with van der Waals surface area (Å²) >= 11 is 5.61. The molecule has 172 valence electrons. The summed E-state index contributed by atoms with van der Waals surface area (Å²) in [5.74, 6) is 2.04. The number of sulfonamides is 1. The Morgan fingerprint density at radius 2 is 1.81 bits per heavy atom. The van der Waals surface area contributed by atoms with E-state index in [1.54, 1.807) is 0 Å². The van der Waals surface area contributed by atoms with Crippen molar-refractivity contribution in [2.45, 2.75) is 51.8 Å². The Labute approximate surface area is 191 Å². The molecule has 1 aromatic rings. The highest BCUT2D eigenvalue weighted by Crippen LogP contribution is 2.31. The molecule has 0 aliphatic carbocycles. The third-order valence-corrected chi connectivity index (χ3v) is 7.45. The molecule has 2 aliphatic heterocycles. The molecule has 2 saturated heterocycles. The molecule has 0 saturated carbocycles. The van der Waals surface area contributed by atoms with Gasteiger partial charge in [0.2, 0.25) is 10.0 Å². The number of ether oxygens (including phenoxy) is 2. The first-order chi connectivity index (χ1) is 14.9. The molecule has 6 nitrogen and oxygen atoms in total. The van der Waals surface area contributed by atoms with Gasteiger partial charge in [-0.25, -0.2) is 13.1 Å². The van der Waals surface area contributed by atoms with Crippen LogP contribution in [-0.4, -0.2) is 50.7 Å². The number of halogens is 1. The van der Waals surface area contributed by atoms with Gasteiger partial charge in [0.15, 0.2) is 17.6 Å². The van der Waals surface area contributed by atoms with Gasteiger partial charge in [-0.3, -0.25) is 4.90 Å². The van der Waals surface area contributed by atoms with Gasteiger partial charge in [0, 0.05) is 31.6 Å². The summed E-state index contributed by atoms with van der Waals surface area (Å²) in [7, 11) is -3.23. The van der Waals surface area contributed by atoms with Crippen molar-refractivity contribution in [3.63, 3.8) is 0 Å². The van der Waals surface area contributed by atoms with E-state index < -0.39 is 10.0 Å². The first kappa shape index (κ1) is 24.1. The van der Waals surface area contributed by atoms with Crippen LogP contribution in [-0.2, 0) is 26.0 Å². The number of benzene rings is 1. The molecule has 31 heavy (non-hydrogen) atoms. The van der Waals surface area contributed by atoms with Gasteiger partial charge in [0.25, 0.3) is 0 Å². The maximum absolute atomic E-state index is 12.1. The molecule has 8 heteroatoms. The first-order valence-electron chi connectivity index (χ1n) is 10.9. The topological polar surface area (TPSA) is 67.9 Å². The summed E-state index contributed by atoms with van der Waals surface area (Å²) in [6.45, 7) is 7.00. The van der Waals surface area contributed by atoms with Crippen LogP contribution >= 0.6 is 11.6 Å². The first-order valence-corrected chi connectivity index (χ1v) is 13.1. The number of allylic oxidation sites excluding steroid dienone is 2. The van der Waals surface area contributed by atoms with Crippen LogP contribution in [0.1, 0.15) is 50.3 Å². The maximum Gasteiger partial charge on any atom is 0.211 e. The molecule has 2 aliphatic rings. The molecule has 3 rings (SSSR count). The molecule has 0 spiro atoms. The molecule has 0 aromatic heterocycles. The summed E-state index contributed by atoms with van der Waals surface area (Å²) in [4.78, 5) is 2.37. The monoisotopic (exact) mass is 468 g/mol. The van der Waals surface area contributed by atoms with E-state index in [1.165, 1.54) is 5.56 Å². The zero-order valence-corrected chi connectivity index (χ0v) is 19.9. The number of nitrogens with one attached hydrogen (secondary N) is 1. The van der Waals surface area contributed by atoms with Crippen molar-refractivity contribution in [2.24, 2.45) is 0 Å². The minimum atomic E-state index is -3.23. The third kappa shape index (κ3) is 6.97. The average molecular weight is 469 g/mol. The van der Waals surface area contributed by atoms with Crippen molar-refractivity contribution < 1.29 is 17.9 Å². The van der Waals surface area contributed by atoms with E-state index in [1.807, 2.05) is 26.0 Å². The zero-order valence-electron chi connectivity index (χ0n) is 18.3. The van der Waals surface area contributed by atoms with Gasteiger partial charge >= 0.3 is 0 Å². The van der Waals surface area contributed by atoms with E-state index in [9.17, 15) is 8.42 Å². The fourth-order valence-corrected chi connectivity index (χ4v) is 5.62. The number of piperidine rings is 1. The Morgan fingerprint density at radius 3 is 2.42 bits per heavy atom. The van der Waals surface area contributed by atoms with Crippen LogP contribution in [0.4, 0.5) is 0 Å². The second kappa shape index (κ2) is 11.4. The SMILES string of the molecule is CC=C1OCC(c2ccc(CN3CCC(NS(=O)(=O)CCCCl)CC3)cc2)OC1=CC. The Balaban J connectivity index is 1.48. The van der Waals surface area contributed by atoms with Crippen molar-refractivity contribution >= 4 is 21.6 Å². The lowest BCUT2D eigenvalue weighted by Crippen LogP contribution is -2.44. The fraction of sp³-hybridized carbons (Fsp3) is 0.565. The van der Waals surface area contributed by atoms with Gasteiger partial charge in [-0.15, -0.1) is 11.6 Å². The van der Waals surface area contributed by atoms with Crippen LogP contribution in [0.15, 0.2) is 47.9 Å². The highest BCUT2D eigenvalue weighted by molar-refractivity contribution is 7.89. The van der Waals surface area contributed by atoms with Crippen molar-refractivity contribution in [3.05, 3.63) is 59.1 Å². The van der Waals surface area contributed by atoms with E-state index in [0.29, 0.717) is 18.9 Å². The Hall–Kier alpha value is -1.54. The fourth-order valence-electron chi connectivity index (χ4n) is 3.94. The van der Waals surface area contributed by atoms with Crippen LogP contribution < -0.4 is 4.72 Å². The second-order valence-electron chi connectivity index (χ2n) is 7.99. The Kier molecular flexibility index (Phi) is 8.84. The highest BCUT2D eigenvalue weighted by Gasteiger charge is 2.25. The molecule has 1 aromatic carbocycles. The van der Waals surface area contributed by atoms with Gasteiger partial charge in [-0.2, -0.15) is 0 Å². The predicted molar refractivity (Wildman–Crippen MR) is 124 cm³/mol. The van der Waals surface area contributed by atoms with Crippen LogP contribution in [0.5, 0.6) is 0 Å². The molecular formula is C23H33ClN2O4S. The predicted octanol–water partition coefficient (Wildman–Crippen LogP) is 4.09. The molecule has 0 radical (unpaired) electrons. The van der Waals surface area contributed by atoms with Crippen molar-refractivity contribution in [1.82, 2.24) is 9.62 Å². The lowest BCUT2D eigenvalue weighted by atomic mass is 10.0. The zero-order chi connectivity index (χ0) is 22.3. The molecule has 2 heterocycles. The lowest BCUT2D eigenvalue weighted by molar-refractivity contribution is -0.00875.